The minimum atomic E-state index is 0.457. The Morgan fingerprint density at radius 3 is 2.90 bits per heavy atom. The van der Waals surface area contributed by atoms with Crippen LogP contribution in [0.2, 0.25) is 0 Å². The lowest BCUT2D eigenvalue weighted by Crippen LogP contribution is -2.03. The molecule has 0 aliphatic carbocycles. The number of pyridine rings is 1. The first-order chi connectivity index (χ1) is 10.3. The second kappa shape index (κ2) is 6.05. The molecule has 0 fully saturated rings. The maximum Gasteiger partial charge on any atom is 0.238 e. The van der Waals surface area contributed by atoms with Crippen molar-refractivity contribution in [3.8, 4) is 11.6 Å². The fourth-order valence-electron chi connectivity index (χ4n) is 1.88. The van der Waals surface area contributed by atoms with Crippen LogP contribution in [0.25, 0.3) is 10.9 Å². The fraction of sp³-hybridized carbons (Fsp3) is 0.133. The van der Waals surface area contributed by atoms with E-state index in [0.29, 0.717) is 22.1 Å². The van der Waals surface area contributed by atoms with E-state index in [1.165, 1.54) is 0 Å². The van der Waals surface area contributed by atoms with Gasteiger partial charge in [-0.25, -0.2) is 4.98 Å². The number of halogens is 1. The van der Waals surface area contributed by atoms with Gasteiger partial charge in [0.2, 0.25) is 11.8 Å². The third-order valence-corrected chi connectivity index (χ3v) is 3.37. The molecule has 0 bridgehead atoms. The Morgan fingerprint density at radius 1 is 1.19 bits per heavy atom. The van der Waals surface area contributed by atoms with Crippen molar-refractivity contribution < 1.29 is 4.74 Å². The molecule has 0 atom stereocenters. The van der Waals surface area contributed by atoms with Gasteiger partial charge in [0, 0.05) is 11.9 Å². The molecule has 3 rings (SSSR count). The number of nitrogens with one attached hydrogen (secondary N) is 1. The van der Waals surface area contributed by atoms with Gasteiger partial charge in [-0.2, -0.15) is 4.98 Å². The van der Waals surface area contributed by atoms with Crippen molar-refractivity contribution in [2.24, 2.45) is 0 Å². The molecule has 0 unspecified atom stereocenters. The average molecular weight is 345 g/mol. The smallest absolute Gasteiger partial charge is 0.238 e. The van der Waals surface area contributed by atoms with Crippen molar-refractivity contribution in [2.75, 3.05) is 11.9 Å². The summed E-state index contributed by atoms with van der Waals surface area (Å²) in [4.78, 5) is 12.8. The van der Waals surface area contributed by atoms with Gasteiger partial charge >= 0.3 is 0 Å². The maximum atomic E-state index is 5.80. The van der Waals surface area contributed by atoms with Gasteiger partial charge in [-0.05, 0) is 35.0 Å². The number of para-hydroxylation sites is 1. The summed E-state index contributed by atoms with van der Waals surface area (Å²) in [6, 6.07) is 9.82. The monoisotopic (exact) mass is 344 g/mol. The summed E-state index contributed by atoms with van der Waals surface area (Å²) in [5.41, 5.74) is 0.931. The molecule has 0 aliphatic rings. The van der Waals surface area contributed by atoms with Gasteiger partial charge < -0.3 is 10.1 Å². The zero-order chi connectivity index (χ0) is 14.7. The van der Waals surface area contributed by atoms with Crippen LogP contribution < -0.4 is 10.1 Å². The van der Waals surface area contributed by atoms with Crippen LogP contribution in [0.5, 0.6) is 11.6 Å². The Kier molecular flexibility index (Phi) is 3.96. The molecule has 21 heavy (non-hydrogen) atoms. The second-order valence-corrected chi connectivity index (χ2v) is 5.20. The Balaban J connectivity index is 1.92. The number of hydrogen-bond acceptors (Lipinski definition) is 5. The first kappa shape index (κ1) is 13.8. The molecule has 0 radical (unpaired) electrons. The predicted octanol–water partition coefficient (Wildman–Crippen LogP) is 4.01. The van der Waals surface area contributed by atoms with E-state index in [9.17, 15) is 0 Å². The summed E-state index contributed by atoms with van der Waals surface area (Å²) in [6.07, 6.45) is 3.35. The van der Waals surface area contributed by atoms with Gasteiger partial charge in [-0.1, -0.05) is 18.2 Å². The van der Waals surface area contributed by atoms with Crippen LogP contribution in [0.3, 0.4) is 0 Å². The molecule has 0 aliphatic heterocycles. The van der Waals surface area contributed by atoms with Gasteiger partial charge in [0.15, 0.2) is 0 Å². The average Bonchev–Trinajstić information content (AvgIpc) is 2.51. The molecule has 0 amide bonds. The van der Waals surface area contributed by atoms with Crippen LogP contribution in [0.1, 0.15) is 6.92 Å². The molecule has 0 saturated carbocycles. The Morgan fingerprint density at radius 2 is 2.05 bits per heavy atom. The van der Waals surface area contributed by atoms with Crippen LogP contribution in [0.4, 0.5) is 5.95 Å². The van der Waals surface area contributed by atoms with Gasteiger partial charge in [-0.15, -0.1) is 0 Å². The Labute approximate surface area is 130 Å². The van der Waals surface area contributed by atoms with Crippen LogP contribution in [0, 0.1) is 0 Å². The molecule has 0 spiro atoms. The molecule has 3 aromatic rings. The normalized spacial score (nSPS) is 10.6. The topological polar surface area (TPSA) is 59.9 Å². The van der Waals surface area contributed by atoms with Crippen molar-refractivity contribution in [3.63, 3.8) is 0 Å². The molecule has 2 aromatic heterocycles. The largest absolute Gasteiger partial charge is 0.436 e. The van der Waals surface area contributed by atoms with E-state index in [-0.39, 0.29) is 0 Å². The first-order valence-corrected chi connectivity index (χ1v) is 7.34. The third kappa shape index (κ3) is 3.11. The zero-order valence-electron chi connectivity index (χ0n) is 11.4. The SMILES string of the molecule is CCNc1ncc(Br)c(Oc2cnc3ccccc3c2)n1. The van der Waals surface area contributed by atoms with Crippen molar-refractivity contribution in [3.05, 3.63) is 47.2 Å². The molecule has 2 heterocycles. The third-order valence-electron chi connectivity index (χ3n) is 2.83. The predicted molar refractivity (Wildman–Crippen MR) is 85.7 cm³/mol. The molecule has 1 aromatic carbocycles. The Hall–Kier alpha value is -2.21. The summed E-state index contributed by atoms with van der Waals surface area (Å²) in [5.74, 6) is 1.62. The number of fused-ring (bicyclic) bond motifs is 1. The summed E-state index contributed by atoms with van der Waals surface area (Å²) in [6.45, 7) is 2.73. The van der Waals surface area contributed by atoms with Crippen LogP contribution >= 0.6 is 15.9 Å². The van der Waals surface area contributed by atoms with Crippen molar-refractivity contribution in [1.29, 1.82) is 0 Å². The van der Waals surface area contributed by atoms with E-state index in [4.69, 9.17) is 4.74 Å². The van der Waals surface area contributed by atoms with Crippen LogP contribution in [-0.2, 0) is 0 Å². The van der Waals surface area contributed by atoms with E-state index >= 15 is 0 Å². The van der Waals surface area contributed by atoms with Gasteiger partial charge in [0.25, 0.3) is 0 Å². The lowest BCUT2D eigenvalue weighted by Gasteiger charge is -2.09. The summed E-state index contributed by atoms with van der Waals surface area (Å²) in [7, 11) is 0. The van der Waals surface area contributed by atoms with Gasteiger partial charge in [0.05, 0.1) is 22.4 Å². The van der Waals surface area contributed by atoms with E-state index < -0.39 is 0 Å². The molecule has 0 saturated heterocycles. The number of ether oxygens (including phenoxy) is 1. The lowest BCUT2D eigenvalue weighted by molar-refractivity contribution is 0.458. The molecule has 106 valence electrons. The van der Waals surface area contributed by atoms with Crippen molar-refractivity contribution in [1.82, 2.24) is 15.0 Å². The summed E-state index contributed by atoms with van der Waals surface area (Å²) >= 11 is 3.39. The highest BCUT2D eigenvalue weighted by Gasteiger charge is 2.08. The van der Waals surface area contributed by atoms with Crippen LogP contribution in [0.15, 0.2) is 47.2 Å². The van der Waals surface area contributed by atoms with Crippen LogP contribution in [-0.4, -0.2) is 21.5 Å². The van der Waals surface area contributed by atoms with E-state index in [0.717, 1.165) is 17.4 Å². The fourth-order valence-corrected chi connectivity index (χ4v) is 2.16. The van der Waals surface area contributed by atoms with E-state index in [1.807, 2.05) is 37.3 Å². The van der Waals surface area contributed by atoms with E-state index in [1.54, 1.807) is 12.4 Å². The number of anilines is 1. The molecule has 5 nitrogen and oxygen atoms in total. The number of nitrogens with zero attached hydrogens (tertiary/aromatic N) is 3. The van der Waals surface area contributed by atoms with Crippen molar-refractivity contribution in [2.45, 2.75) is 6.92 Å². The minimum absolute atomic E-state index is 0.457. The van der Waals surface area contributed by atoms with Gasteiger partial charge in [-0.3, -0.25) is 4.98 Å². The number of hydrogen-bond donors (Lipinski definition) is 1. The number of benzene rings is 1. The number of rotatable bonds is 4. The van der Waals surface area contributed by atoms with Gasteiger partial charge in [0.1, 0.15) is 5.75 Å². The second-order valence-electron chi connectivity index (χ2n) is 4.34. The van der Waals surface area contributed by atoms with E-state index in [2.05, 4.69) is 36.2 Å². The highest BCUT2D eigenvalue weighted by molar-refractivity contribution is 9.10. The summed E-state index contributed by atoms with van der Waals surface area (Å²) < 4.78 is 6.50. The molecular weight excluding hydrogens is 332 g/mol. The minimum Gasteiger partial charge on any atom is -0.436 e. The molecule has 1 N–H and O–H groups in total. The summed E-state index contributed by atoms with van der Waals surface area (Å²) in [5, 5.41) is 4.07. The maximum absolute atomic E-state index is 5.80. The standard InChI is InChI=1S/C15H13BrN4O/c1-2-17-15-19-9-12(16)14(20-15)21-11-7-10-5-3-4-6-13(10)18-8-11/h3-9H,2H2,1H3,(H,17,19,20). The van der Waals surface area contributed by atoms with Crippen molar-refractivity contribution >= 4 is 32.8 Å². The highest BCUT2D eigenvalue weighted by Crippen LogP contribution is 2.28. The highest BCUT2D eigenvalue weighted by atomic mass is 79.9. The Bertz CT molecular complexity index is 778. The first-order valence-electron chi connectivity index (χ1n) is 6.55. The zero-order valence-corrected chi connectivity index (χ0v) is 13.0. The number of aromatic nitrogens is 3. The molecule has 6 heteroatoms. The lowest BCUT2D eigenvalue weighted by atomic mass is 10.2. The molecular formula is C15H13BrN4O. The quantitative estimate of drug-likeness (QED) is 0.774.